The highest BCUT2D eigenvalue weighted by Crippen LogP contribution is 2.40. The van der Waals surface area contributed by atoms with Crippen molar-refractivity contribution < 1.29 is 46.8 Å². The molecule has 5 N–H and O–H groups in total. The van der Waals surface area contributed by atoms with Gasteiger partial charge in [0.1, 0.15) is 30.1 Å². The molecule has 210 valence electrons. The number of rotatable bonds is 10. The van der Waals surface area contributed by atoms with E-state index in [0.29, 0.717) is 0 Å². The van der Waals surface area contributed by atoms with Crippen molar-refractivity contribution in [3.05, 3.63) is 70.1 Å². The number of carbonyl (C=O) groups is 1. The zero-order valence-electron chi connectivity index (χ0n) is 20.6. The molecule has 0 saturated heterocycles. The second-order valence-electron chi connectivity index (χ2n) is 8.16. The minimum atomic E-state index is -5.26. The number of amides is 1. The highest BCUT2D eigenvalue weighted by molar-refractivity contribution is 9.10. The number of nitrogens with two attached hydrogens (primary N) is 1. The number of aliphatic hydroxyl groups is 2. The number of nitrogens with zero attached hydrogens (tertiary/aromatic N) is 1. The van der Waals surface area contributed by atoms with Crippen molar-refractivity contribution in [2.24, 2.45) is 5.73 Å². The van der Waals surface area contributed by atoms with Crippen molar-refractivity contribution in [3.8, 4) is 28.5 Å². The van der Waals surface area contributed by atoms with Gasteiger partial charge in [0.25, 0.3) is 5.91 Å². The molecule has 0 bridgehead atoms. The highest BCUT2D eigenvalue weighted by atomic mass is 79.9. The third kappa shape index (κ3) is 6.76. The molecule has 0 aliphatic rings. The lowest BCUT2D eigenvalue weighted by atomic mass is 9.96. The van der Waals surface area contributed by atoms with Gasteiger partial charge in [0.05, 0.1) is 30.9 Å². The van der Waals surface area contributed by atoms with E-state index in [4.69, 9.17) is 25.1 Å². The summed E-state index contributed by atoms with van der Waals surface area (Å²) in [5.74, 6) is -1.30. The molecule has 3 aromatic rings. The number of alkyl halides is 3. The fourth-order valence-electron chi connectivity index (χ4n) is 3.44. The van der Waals surface area contributed by atoms with Crippen LogP contribution in [-0.2, 0) is 5.60 Å². The van der Waals surface area contributed by atoms with E-state index in [1.54, 1.807) is 0 Å². The first kappa shape index (κ1) is 30.1. The van der Waals surface area contributed by atoms with E-state index in [-0.39, 0.29) is 45.1 Å². The minimum absolute atomic E-state index is 0.0404. The maximum Gasteiger partial charge on any atom is 0.424 e. The Morgan fingerprint density at radius 2 is 1.74 bits per heavy atom. The molecule has 39 heavy (non-hydrogen) atoms. The molecule has 0 spiro atoms. The van der Waals surface area contributed by atoms with E-state index in [0.717, 1.165) is 12.1 Å². The summed E-state index contributed by atoms with van der Waals surface area (Å²) in [7, 11) is 2.55. The summed E-state index contributed by atoms with van der Waals surface area (Å²) < 4.78 is 71.9. The number of ether oxygens (including phenoxy) is 3. The number of benzene rings is 2. The van der Waals surface area contributed by atoms with Crippen molar-refractivity contribution in [3.63, 3.8) is 0 Å². The lowest BCUT2D eigenvalue weighted by Crippen LogP contribution is -2.51. The Balaban J connectivity index is 1.93. The topological polar surface area (TPSA) is 136 Å². The van der Waals surface area contributed by atoms with Crippen LogP contribution < -0.4 is 25.3 Å². The fraction of sp³-hybridized carbons (Fsp3) is 0.280. The first-order valence-electron chi connectivity index (χ1n) is 11.1. The molecule has 1 amide bonds. The van der Waals surface area contributed by atoms with Crippen LogP contribution in [0, 0.1) is 5.82 Å². The summed E-state index contributed by atoms with van der Waals surface area (Å²) in [5, 5.41) is 22.1. The molecule has 0 saturated carbocycles. The molecule has 9 nitrogen and oxygen atoms in total. The molecule has 1 aromatic heterocycles. The van der Waals surface area contributed by atoms with Crippen LogP contribution >= 0.6 is 15.9 Å². The van der Waals surface area contributed by atoms with Crippen molar-refractivity contribution in [2.45, 2.75) is 18.0 Å². The van der Waals surface area contributed by atoms with Crippen LogP contribution in [0.15, 0.2) is 53.0 Å². The summed E-state index contributed by atoms with van der Waals surface area (Å²) in [5.41, 5.74) is 0.818. The Kier molecular flexibility index (Phi) is 9.38. The Labute approximate surface area is 228 Å². The van der Waals surface area contributed by atoms with E-state index >= 15 is 0 Å². The number of halogens is 5. The number of methoxy groups -OCH3 is 2. The summed E-state index contributed by atoms with van der Waals surface area (Å²) in [4.78, 5) is 16.7. The number of pyridine rings is 1. The molecular formula is C25H24BrF4N3O6. The highest BCUT2D eigenvalue weighted by Gasteiger charge is 2.56. The molecule has 1 heterocycles. The first-order valence-corrected chi connectivity index (χ1v) is 11.9. The Morgan fingerprint density at radius 3 is 2.33 bits per heavy atom. The van der Waals surface area contributed by atoms with E-state index in [1.807, 2.05) is 0 Å². The van der Waals surface area contributed by atoms with Gasteiger partial charge in [-0.05, 0) is 64.5 Å². The lowest BCUT2D eigenvalue weighted by Gasteiger charge is -2.30. The first-order chi connectivity index (χ1) is 18.3. The predicted octanol–water partition coefficient (Wildman–Crippen LogP) is 3.50. The third-order valence-corrected chi connectivity index (χ3v) is 6.11. The van der Waals surface area contributed by atoms with E-state index in [2.05, 4.69) is 26.2 Å². The largest absolute Gasteiger partial charge is 0.494 e. The van der Waals surface area contributed by atoms with Crippen molar-refractivity contribution in [1.82, 2.24) is 10.3 Å². The molecule has 0 aliphatic carbocycles. The minimum Gasteiger partial charge on any atom is -0.494 e. The number of carbonyl (C=O) groups excluding carboxylic acids is 1. The molecule has 3 rings (SSSR count). The quantitative estimate of drug-likeness (QED) is 0.200. The van der Waals surface area contributed by atoms with Gasteiger partial charge >= 0.3 is 6.18 Å². The Morgan fingerprint density at radius 1 is 1.08 bits per heavy atom. The number of aromatic nitrogens is 1. The zero-order chi connectivity index (χ0) is 29.0. The summed E-state index contributed by atoms with van der Waals surface area (Å²) in [6.07, 6.45) is -6.53. The maximum atomic E-state index is 14.2. The van der Waals surface area contributed by atoms with Gasteiger partial charge < -0.3 is 35.5 Å². The standard InChI is InChI=1S/C25H24BrF4N3O6/c1-37-18-7-8-20(33-22(18)13-3-5-16(27)15(26)9-13)24(36,25(28,29)30)12-32-23(35)14-4-6-17(19(10-14)38-2)39-11-21(31)34/h3-10,21,34,36H,11-12,31H2,1-2H3,(H,32,35). The number of hydrogen-bond donors (Lipinski definition) is 4. The van der Waals surface area contributed by atoms with Gasteiger partial charge in [-0.2, -0.15) is 13.2 Å². The molecule has 0 aliphatic heterocycles. The van der Waals surface area contributed by atoms with Crippen molar-refractivity contribution >= 4 is 21.8 Å². The lowest BCUT2D eigenvalue weighted by molar-refractivity contribution is -0.265. The molecular weight excluding hydrogens is 594 g/mol. The van der Waals surface area contributed by atoms with Crippen LogP contribution in [0.5, 0.6) is 17.2 Å². The van der Waals surface area contributed by atoms with Gasteiger partial charge in [-0.3, -0.25) is 4.79 Å². The zero-order valence-corrected chi connectivity index (χ0v) is 22.1. The van der Waals surface area contributed by atoms with Gasteiger partial charge in [-0.1, -0.05) is 0 Å². The summed E-state index contributed by atoms with van der Waals surface area (Å²) in [6.45, 7) is -1.56. The smallest absolute Gasteiger partial charge is 0.424 e. The van der Waals surface area contributed by atoms with Gasteiger partial charge in [0.2, 0.25) is 5.60 Å². The number of nitrogens with one attached hydrogen (secondary N) is 1. The average molecular weight is 618 g/mol. The van der Waals surface area contributed by atoms with Crippen LogP contribution in [0.1, 0.15) is 16.1 Å². The summed E-state index contributed by atoms with van der Waals surface area (Å²) in [6, 6.07) is 9.54. The van der Waals surface area contributed by atoms with Gasteiger partial charge in [0.15, 0.2) is 11.5 Å². The second kappa shape index (κ2) is 12.2. The van der Waals surface area contributed by atoms with Crippen LogP contribution in [-0.4, -0.2) is 60.9 Å². The number of hydrogen-bond acceptors (Lipinski definition) is 8. The van der Waals surface area contributed by atoms with Gasteiger partial charge in [-0.15, -0.1) is 0 Å². The Hall–Kier alpha value is -3.46. The monoisotopic (exact) mass is 617 g/mol. The van der Waals surface area contributed by atoms with E-state index in [9.17, 15) is 27.5 Å². The maximum absolute atomic E-state index is 14.2. The Bertz CT molecular complexity index is 1340. The van der Waals surface area contributed by atoms with Gasteiger partial charge in [-0.25, -0.2) is 9.37 Å². The van der Waals surface area contributed by atoms with Crippen LogP contribution in [0.25, 0.3) is 11.3 Å². The third-order valence-electron chi connectivity index (χ3n) is 5.50. The second-order valence-corrected chi connectivity index (χ2v) is 9.02. The van der Waals surface area contributed by atoms with Crippen molar-refractivity contribution in [2.75, 3.05) is 27.4 Å². The normalized spacial score (nSPS) is 13.8. The van der Waals surface area contributed by atoms with E-state index < -0.39 is 42.0 Å². The average Bonchev–Trinajstić information content (AvgIpc) is 2.90. The predicted molar refractivity (Wildman–Crippen MR) is 135 cm³/mol. The molecule has 0 fully saturated rings. The van der Waals surface area contributed by atoms with Crippen LogP contribution in [0.2, 0.25) is 0 Å². The number of aliphatic hydroxyl groups excluding tert-OH is 1. The fourth-order valence-corrected chi connectivity index (χ4v) is 3.82. The summed E-state index contributed by atoms with van der Waals surface area (Å²) >= 11 is 3.02. The SMILES string of the molecule is COc1cc(C(=O)NCC(O)(c2ccc(OC)c(-c3ccc(F)c(Br)c3)n2)C(F)(F)F)ccc1OCC(N)O. The van der Waals surface area contributed by atoms with Crippen LogP contribution in [0.4, 0.5) is 17.6 Å². The van der Waals surface area contributed by atoms with Gasteiger partial charge in [0, 0.05) is 11.1 Å². The van der Waals surface area contributed by atoms with Crippen LogP contribution in [0.3, 0.4) is 0 Å². The van der Waals surface area contributed by atoms with Crippen molar-refractivity contribution in [1.29, 1.82) is 0 Å². The molecule has 0 radical (unpaired) electrons. The molecule has 14 heteroatoms. The molecule has 2 aromatic carbocycles. The molecule has 2 atom stereocenters. The molecule has 2 unspecified atom stereocenters. The van der Waals surface area contributed by atoms with E-state index in [1.165, 1.54) is 50.6 Å².